The first kappa shape index (κ1) is 23.6. The van der Waals surface area contributed by atoms with Gasteiger partial charge in [0.2, 0.25) is 0 Å². The third-order valence-corrected chi connectivity index (χ3v) is 6.02. The van der Waals surface area contributed by atoms with Crippen molar-refractivity contribution >= 4 is 29.0 Å². The lowest BCUT2D eigenvalue weighted by atomic mass is 10.0. The third kappa shape index (κ3) is 6.25. The molecule has 3 rings (SSSR count). The van der Waals surface area contributed by atoms with Crippen LogP contribution in [-0.4, -0.2) is 31.1 Å². The van der Waals surface area contributed by atoms with Crippen molar-refractivity contribution in [2.24, 2.45) is 0 Å². The van der Waals surface area contributed by atoms with Crippen LogP contribution in [0.4, 0.5) is 21.9 Å². The van der Waals surface area contributed by atoms with Crippen molar-refractivity contribution in [2.45, 2.75) is 65.3 Å². The van der Waals surface area contributed by atoms with E-state index in [1.165, 1.54) is 12.0 Å². The van der Waals surface area contributed by atoms with Crippen molar-refractivity contribution in [1.29, 1.82) is 0 Å². The quantitative estimate of drug-likeness (QED) is 0.500. The lowest BCUT2D eigenvalue weighted by molar-refractivity contribution is 0.0939. The summed E-state index contributed by atoms with van der Waals surface area (Å²) in [6.07, 6.45) is 4.35. The van der Waals surface area contributed by atoms with E-state index in [1.54, 1.807) is 6.07 Å². The molecule has 1 aliphatic heterocycles. The average molecular weight is 437 g/mol. The third-order valence-electron chi connectivity index (χ3n) is 6.02. The van der Waals surface area contributed by atoms with Gasteiger partial charge in [-0.05, 0) is 74.4 Å². The number of anilines is 3. The molecule has 1 fully saturated rings. The lowest BCUT2D eigenvalue weighted by Crippen LogP contribution is -2.35. The van der Waals surface area contributed by atoms with Crippen LogP contribution < -0.4 is 20.9 Å². The highest BCUT2D eigenvalue weighted by Crippen LogP contribution is 2.27. The first-order chi connectivity index (χ1) is 15.4. The largest absolute Gasteiger partial charge is 0.371 e. The van der Waals surface area contributed by atoms with Crippen LogP contribution in [0.3, 0.4) is 0 Å². The number of piperidine rings is 1. The molecule has 0 bridgehead atoms. The number of hydrogen-bond acceptors (Lipinski definition) is 3. The number of nitrogens with one attached hydrogen (secondary N) is 3. The minimum absolute atomic E-state index is 0.0884. The second-order valence-corrected chi connectivity index (χ2v) is 8.92. The van der Waals surface area contributed by atoms with E-state index in [2.05, 4.69) is 34.7 Å². The van der Waals surface area contributed by atoms with Crippen molar-refractivity contribution in [1.82, 2.24) is 5.32 Å². The Labute approximate surface area is 191 Å². The van der Waals surface area contributed by atoms with Gasteiger partial charge in [0.1, 0.15) is 0 Å². The molecule has 1 saturated heterocycles. The highest BCUT2D eigenvalue weighted by molar-refractivity contribution is 6.04. The summed E-state index contributed by atoms with van der Waals surface area (Å²) in [5.74, 6) is 0.338. The number of rotatable bonds is 7. The second-order valence-electron chi connectivity index (χ2n) is 8.92. The Morgan fingerprint density at radius 1 is 0.906 bits per heavy atom. The molecule has 3 N–H and O–H groups in total. The minimum Gasteiger partial charge on any atom is -0.371 e. The summed E-state index contributed by atoms with van der Waals surface area (Å²) in [4.78, 5) is 27.9. The van der Waals surface area contributed by atoms with E-state index in [4.69, 9.17) is 0 Å². The van der Waals surface area contributed by atoms with E-state index in [-0.39, 0.29) is 18.0 Å². The van der Waals surface area contributed by atoms with Crippen LogP contribution in [0.25, 0.3) is 0 Å². The normalized spacial score (nSPS) is 14.7. The first-order valence-corrected chi connectivity index (χ1v) is 11.7. The number of carbonyl (C=O) groups is 2. The van der Waals surface area contributed by atoms with Gasteiger partial charge in [-0.25, -0.2) is 4.79 Å². The van der Waals surface area contributed by atoms with Crippen molar-refractivity contribution in [3.63, 3.8) is 0 Å². The van der Waals surface area contributed by atoms with Gasteiger partial charge in [0.15, 0.2) is 0 Å². The van der Waals surface area contributed by atoms with Gasteiger partial charge in [-0.15, -0.1) is 0 Å². The number of urea groups is 1. The van der Waals surface area contributed by atoms with E-state index in [9.17, 15) is 9.59 Å². The van der Waals surface area contributed by atoms with Gasteiger partial charge in [0, 0.05) is 36.2 Å². The SMILES string of the molecule is CCC(C)NC(=O)c1cc(NC(=O)Nc2ccc(C(C)C)cc2)ccc1N1CCCCC1. The molecule has 172 valence electrons. The molecule has 1 aliphatic rings. The topological polar surface area (TPSA) is 73.5 Å². The number of amides is 3. The Hall–Kier alpha value is -3.02. The molecule has 32 heavy (non-hydrogen) atoms. The van der Waals surface area contributed by atoms with Crippen LogP contribution >= 0.6 is 0 Å². The molecule has 6 nitrogen and oxygen atoms in total. The monoisotopic (exact) mass is 436 g/mol. The maximum atomic E-state index is 13.0. The highest BCUT2D eigenvalue weighted by Gasteiger charge is 2.20. The fourth-order valence-electron chi connectivity index (χ4n) is 3.85. The van der Waals surface area contributed by atoms with Gasteiger partial charge < -0.3 is 20.9 Å². The van der Waals surface area contributed by atoms with Crippen LogP contribution in [0.1, 0.15) is 75.2 Å². The molecule has 1 heterocycles. The van der Waals surface area contributed by atoms with Gasteiger partial charge in [0.25, 0.3) is 5.91 Å². The van der Waals surface area contributed by atoms with Crippen molar-refractivity contribution in [3.05, 3.63) is 53.6 Å². The van der Waals surface area contributed by atoms with Gasteiger partial charge >= 0.3 is 6.03 Å². The summed E-state index contributed by atoms with van der Waals surface area (Å²) in [5.41, 5.74) is 4.08. The maximum absolute atomic E-state index is 13.0. The molecule has 0 spiro atoms. The Kier molecular flexibility index (Phi) is 8.14. The van der Waals surface area contributed by atoms with Crippen molar-refractivity contribution in [3.8, 4) is 0 Å². The van der Waals surface area contributed by atoms with E-state index in [0.717, 1.165) is 43.7 Å². The number of carbonyl (C=O) groups excluding carboxylic acids is 2. The zero-order valence-corrected chi connectivity index (χ0v) is 19.7. The maximum Gasteiger partial charge on any atom is 0.323 e. The van der Waals surface area contributed by atoms with E-state index >= 15 is 0 Å². The number of hydrogen-bond donors (Lipinski definition) is 3. The first-order valence-electron chi connectivity index (χ1n) is 11.7. The predicted molar refractivity (Wildman–Crippen MR) is 133 cm³/mol. The zero-order chi connectivity index (χ0) is 23.1. The van der Waals surface area contributed by atoms with Crippen molar-refractivity contribution in [2.75, 3.05) is 28.6 Å². The molecular formula is C26H36N4O2. The highest BCUT2D eigenvalue weighted by atomic mass is 16.2. The van der Waals surface area contributed by atoms with Gasteiger partial charge in [-0.3, -0.25) is 4.79 Å². The number of benzene rings is 2. The molecule has 0 radical (unpaired) electrons. The lowest BCUT2D eigenvalue weighted by Gasteiger charge is -2.31. The summed E-state index contributed by atoms with van der Waals surface area (Å²) in [5, 5.41) is 8.80. The van der Waals surface area contributed by atoms with Crippen LogP contribution in [0.2, 0.25) is 0 Å². The summed E-state index contributed by atoms with van der Waals surface area (Å²) < 4.78 is 0. The predicted octanol–water partition coefficient (Wildman–Crippen LogP) is 5.97. The standard InChI is InChI=1S/C26H36N4O2/c1-5-19(4)27-25(31)23-17-22(13-14-24(23)30-15-7-6-8-16-30)29-26(32)28-21-11-9-20(10-12-21)18(2)3/h9-14,17-19H,5-8,15-16H2,1-4H3,(H,27,31)(H2,28,29,32). The van der Waals surface area contributed by atoms with Gasteiger partial charge in [-0.1, -0.05) is 32.9 Å². The second kappa shape index (κ2) is 11.0. The van der Waals surface area contributed by atoms with Crippen LogP contribution in [0, 0.1) is 0 Å². The Morgan fingerprint density at radius 2 is 1.53 bits per heavy atom. The summed E-state index contributed by atoms with van der Waals surface area (Å²) in [7, 11) is 0. The van der Waals surface area contributed by atoms with E-state index < -0.39 is 0 Å². The molecule has 2 aromatic carbocycles. The summed E-state index contributed by atoms with van der Waals surface area (Å²) >= 11 is 0. The fraction of sp³-hybridized carbons (Fsp3) is 0.462. The van der Waals surface area contributed by atoms with E-state index in [1.807, 2.05) is 50.2 Å². The van der Waals surface area contributed by atoms with Gasteiger partial charge in [-0.2, -0.15) is 0 Å². The minimum atomic E-state index is -0.332. The molecule has 2 aromatic rings. The average Bonchev–Trinajstić information content (AvgIpc) is 2.79. The fourth-order valence-corrected chi connectivity index (χ4v) is 3.85. The molecule has 6 heteroatoms. The smallest absolute Gasteiger partial charge is 0.323 e. The Morgan fingerprint density at radius 3 is 2.16 bits per heavy atom. The molecule has 0 aliphatic carbocycles. The zero-order valence-electron chi connectivity index (χ0n) is 19.7. The molecule has 0 saturated carbocycles. The molecule has 1 atom stereocenters. The van der Waals surface area contributed by atoms with Gasteiger partial charge in [0.05, 0.1) is 5.56 Å². The van der Waals surface area contributed by atoms with E-state index in [0.29, 0.717) is 17.2 Å². The molecular weight excluding hydrogens is 400 g/mol. The van der Waals surface area contributed by atoms with Crippen LogP contribution in [-0.2, 0) is 0 Å². The Balaban J connectivity index is 1.76. The Bertz CT molecular complexity index is 918. The number of nitrogens with zero attached hydrogens (tertiary/aromatic N) is 1. The summed E-state index contributed by atoms with van der Waals surface area (Å²) in [6.45, 7) is 10.2. The molecule has 3 amide bonds. The molecule has 0 aromatic heterocycles. The van der Waals surface area contributed by atoms with Crippen LogP contribution in [0.5, 0.6) is 0 Å². The van der Waals surface area contributed by atoms with Crippen LogP contribution in [0.15, 0.2) is 42.5 Å². The molecule has 1 unspecified atom stereocenters. The summed E-state index contributed by atoms with van der Waals surface area (Å²) in [6, 6.07) is 13.2. The van der Waals surface area contributed by atoms with Crippen molar-refractivity contribution < 1.29 is 9.59 Å².